The monoisotopic (exact) mass is 605 g/mol. The lowest BCUT2D eigenvalue weighted by Gasteiger charge is -2.36. The van der Waals surface area contributed by atoms with Gasteiger partial charge in [0.2, 0.25) is 5.95 Å². The highest BCUT2D eigenvalue weighted by Gasteiger charge is 2.45. The minimum Gasteiger partial charge on any atom is -0.279 e. The molecule has 1 fully saturated rings. The van der Waals surface area contributed by atoms with Gasteiger partial charge in [0.05, 0.1) is 16.9 Å². The molecule has 0 radical (unpaired) electrons. The maximum Gasteiger partial charge on any atom is 0.235 e. The van der Waals surface area contributed by atoms with Crippen LogP contribution >= 0.6 is 0 Å². The van der Waals surface area contributed by atoms with E-state index in [9.17, 15) is 0 Å². The number of hydrogen-bond donors (Lipinski definition) is 0. The van der Waals surface area contributed by atoms with Gasteiger partial charge in [-0.25, -0.2) is 9.97 Å². The summed E-state index contributed by atoms with van der Waals surface area (Å²) in [7, 11) is 0. The number of rotatable bonds is 5. The van der Waals surface area contributed by atoms with Gasteiger partial charge in [0.15, 0.2) is 0 Å². The molecular weight excluding hydrogens is 571 g/mol. The first-order valence-corrected chi connectivity index (χ1v) is 16.8. The minimum absolute atomic E-state index is 0.0580. The highest BCUT2D eigenvalue weighted by Crippen LogP contribution is 2.59. The third-order valence-electron chi connectivity index (χ3n) is 10.3. The van der Waals surface area contributed by atoms with E-state index < -0.39 is 0 Å². The Labute approximate surface area is 276 Å². The van der Waals surface area contributed by atoms with Gasteiger partial charge in [-0.05, 0) is 64.9 Å². The molecule has 226 valence electrons. The van der Waals surface area contributed by atoms with Crippen LogP contribution in [0.2, 0.25) is 0 Å². The summed E-state index contributed by atoms with van der Waals surface area (Å²) in [6, 6.07) is 54.3. The number of hydrogen-bond acceptors (Lipinski definition) is 3. The number of fused-ring (bicyclic) bond motifs is 6. The van der Waals surface area contributed by atoms with Gasteiger partial charge in [0.1, 0.15) is 0 Å². The van der Waals surface area contributed by atoms with Gasteiger partial charge in [-0.15, -0.1) is 0 Å². The van der Waals surface area contributed by atoms with E-state index >= 15 is 0 Å². The van der Waals surface area contributed by atoms with Crippen molar-refractivity contribution in [3.8, 4) is 33.5 Å². The minimum atomic E-state index is 0.0580. The number of benzene rings is 6. The fraction of sp³-hybridized carbons (Fsp3) is 0.136. The molecule has 1 aromatic heterocycles. The number of aromatic nitrogens is 2. The molecule has 0 amide bonds. The maximum absolute atomic E-state index is 5.41. The molecule has 1 spiro atoms. The van der Waals surface area contributed by atoms with Crippen LogP contribution < -0.4 is 4.90 Å². The van der Waals surface area contributed by atoms with Crippen molar-refractivity contribution in [1.82, 2.24) is 9.97 Å². The van der Waals surface area contributed by atoms with Crippen LogP contribution in [0.25, 0.3) is 44.4 Å². The summed E-state index contributed by atoms with van der Waals surface area (Å²) in [5.41, 5.74) is 13.1. The molecule has 1 heterocycles. The molecular formula is C44H35N3. The summed E-state index contributed by atoms with van der Waals surface area (Å²) in [5.74, 6) is 0.672. The summed E-state index contributed by atoms with van der Waals surface area (Å²) in [4.78, 5) is 13.0. The van der Waals surface area contributed by atoms with Gasteiger partial charge in [-0.3, -0.25) is 4.90 Å². The SMILES string of the molecule is c1ccc(-c2ccc(N(c3nc(-c4ccccc4)c4ccccc4n3)c3cccc4c3-c3ccccc3C43CCCCC3)cc2)cc1. The average Bonchev–Trinajstić information content (AvgIpc) is 3.42. The lowest BCUT2D eigenvalue weighted by atomic mass is 9.68. The molecule has 9 rings (SSSR count). The van der Waals surface area contributed by atoms with Gasteiger partial charge in [-0.2, -0.15) is 0 Å². The zero-order valence-corrected chi connectivity index (χ0v) is 26.3. The summed E-state index contributed by atoms with van der Waals surface area (Å²) in [6.07, 6.45) is 6.22. The zero-order chi connectivity index (χ0) is 31.2. The Bertz CT molecular complexity index is 2220. The van der Waals surface area contributed by atoms with Crippen LogP contribution in [0.15, 0.2) is 152 Å². The first-order valence-electron chi connectivity index (χ1n) is 16.8. The Kier molecular flexibility index (Phi) is 6.71. The Morgan fingerprint density at radius 3 is 1.91 bits per heavy atom. The molecule has 0 aliphatic heterocycles. The van der Waals surface area contributed by atoms with E-state index in [1.54, 1.807) is 0 Å². The number of nitrogens with zero attached hydrogens (tertiary/aromatic N) is 3. The lowest BCUT2D eigenvalue weighted by molar-refractivity contribution is 0.353. The first-order chi connectivity index (χ1) is 23.3. The topological polar surface area (TPSA) is 29.0 Å². The first kappa shape index (κ1) is 27.7. The number of anilines is 3. The van der Waals surface area contributed by atoms with Crippen molar-refractivity contribution in [3.05, 3.63) is 163 Å². The van der Waals surface area contributed by atoms with Crippen molar-refractivity contribution in [2.45, 2.75) is 37.5 Å². The third-order valence-corrected chi connectivity index (χ3v) is 10.3. The standard InChI is InChI=1S/C44H35N3/c1-4-15-31(16-5-1)32-25-27-34(28-26-32)47(43-45-39-23-11-9-20-36(39)42(46-43)33-17-6-2-7-18-33)40-24-14-22-38-41(40)35-19-8-10-21-37(35)44(38)29-12-3-13-30-44/h1-2,4-11,14-28H,3,12-13,29-30H2. The highest BCUT2D eigenvalue weighted by molar-refractivity contribution is 5.97. The Hall–Kier alpha value is -5.54. The fourth-order valence-electron chi connectivity index (χ4n) is 8.14. The molecule has 2 aliphatic rings. The van der Waals surface area contributed by atoms with Crippen molar-refractivity contribution in [3.63, 3.8) is 0 Å². The largest absolute Gasteiger partial charge is 0.279 e. The van der Waals surface area contributed by atoms with E-state index in [2.05, 4.69) is 157 Å². The van der Waals surface area contributed by atoms with Gasteiger partial charge >= 0.3 is 0 Å². The van der Waals surface area contributed by atoms with Crippen LogP contribution in [0.4, 0.5) is 17.3 Å². The van der Waals surface area contributed by atoms with E-state index in [0.29, 0.717) is 5.95 Å². The summed E-state index contributed by atoms with van der Waals surface area (Å²) < 4.78 is 0. The molecule has 0 bridgehead atoms. The van der Waals surface area contributed by atoms with Gasteiger partial charge in [0.25, 0.3) is 0 Å². The molecule has 0 N–H and O–H groups in total. The summed E-state index contributed by atoms with van der Waals surface area (Å²) in [5, 5.41) is 1.05. The van der Waals surface area contributed by atoms with Gasteiger partial charge in [0, 0.05) is 27.6 Å². The Morgan fingerprint density at radius 2 is 1.13 bits per heavy atom. The summed E-state index contributed by atoms with van der Waals surface area (Å²) >= 11 is 0. The molecule has 2 aliphatic carbocycles. The second kappa shape index (κ2) is 11.4. The molecule has 3 heteroatoms. The van der Waals surface area contributed by atoms with Gasteiger partial charge < -0.3 is 0 Å². The van der Waals surface area contributed by atoms with E-state index in [0.717, 1.165) is 33.5 Å². The van der Waals surface area contributed by atoms with Crippen molar-refractivity contribution in [2.75, 3.05) is 4.90 Å². The molecule has 0 saturated heterocycles. The summed E-state index contributed by atoms with van der Waals surface area (Å²) in [6.45, 7) is 0. The van der Waals surface area contributed by atoms with E-state index in [-0.39, 0.29) is 5.41 Å². The van der Waals surface area contributed by atoms with Crippen molar-refractivity contribution in [2.24, 2.45) is 0 Å². The average molecular weight is 606 g/mol. The van der Waals surface area contributed by atoms with Gasteiger partial charge in [-0.1, -0.05) is 147 Å². The molecule has 7 aromatic rings. The predicted octanol–water partition coefficient (Wildman–Crippen LogP) is 11.7. The second-order valence-electron chi connectivity index (χ2n) is 12.9. The van der Waals surface area contributed by atoms with E-state index in [1.807, 2.05) is 0 Å². The molecule has 3 nitrogen and oxygen atoms in total. The van der Waals surface area contributed by atoms with Crippen LogP contribution in [-0.4, -0.2) is 9.97 Å². The van der Waals surface area contributed by atoms with Crippen LogP contribution in [0.5, 0.6) is 0 Å². The molecule has 0 unspecified atom stereocenters. The lowest BCUT2D eigenvalue weighted by Crippen LogP contribution is -2.28. The molecule has 6 aromatic carbocycles. The highest BCUT2D eigenvalue weighted by atomic mass is 15.3. The molecule has 47 heavy (non-hydrogen) atoms. The van der Waals surface area contributed by atoms with Crippen LogP contribution in [-0.2, 0) is 5.41 Å². The van der Waals surface area contributed by atoms with Crippen LogP contribution in [0, 0.1) is 0 Å². The molecule has 0 atom stereocenters. The fourth-order valence-corrected chi connectivity index (χ4v) is 8.14. The maximum atomic E-state index is 5.41. The Morgan fingerprint density at radius 1 is 0.489 bits per heavy atom. The third kappa shape index (κ3) is 4.57. The molecule has 1 saturated carbocycles. The van der Waals surface area contributed by atoms with Crippen molar-refractivity contribution < 1.29 is 0 Å². The Balaban J connectivity index is 1.31. The second-order valence-corrected chi connectivity index (χ2v) is 12.9. The van der Waals surface area contributed by atoms with Crippen LogP contribution in [0.3, 0.4) is 0 Å². The quantitative estimate of drug-likeness (QED) is 0.195. The normalized spacial score (nSPS) is 14.6. The smallest absolute Gasteiger partial charge is 0.235 e. The predicted molar refractivity (Wildman–Crippen MR) is 194 cm³/mol. The number of para-hydroxylation sites is 1. The van der Waals surface area contributed by atoms with E-state index in [4.69, 9.17) is 9.97 Å². The van der Waals surface area contributed by atoms with Crippen LogP contribution in [0.1, 0.15) is 43.2 Å². The van der Waals surface area contributed by atoms with E-state index in [1.165, 1.54) is 65.5 Å². The van der Waals surface area contributed by atoms with Crippen molar-refractivity contribution >= 4 is 28.2 Å². The zero-order valence-electron chi connectivity index (χ0n) is 26.3. The van der Waals surface area contributed by atoms with Crippen molar-refractivity contribution in [1.29, 1.82) is 0 Å².